The van der Waals surface area contributed by atoms with Gasteiger partial charge in [0.2, 0.25) is 0 Å². The molecule has 0 spiro atoms. The lowest BCUT2D eigenvalue weighted by atomic mass is 9.85. The number of esters is 1. The number of carbonyl (C=O) groups excluding carboxylic acids is 2. The van der Waals surface area contributed by atoms with Gasteiger partial charge in [-0.2, -0.15) is 0 Å². The first-order valence-corrected chi connectivity index (χ1v) is 11.9. The molecule has 0 bridgehead atoms. The summed E-state index contributed by atoms with van der Waals surface area (Å²) in [4.78, 5) is 25.6. The lowest BCUT2D eigenvalue weighted by Gasteiger charge is -2.23. The first kappa shape index (κ1) is 24.6. The number of benzene rings is 2. The predicted molar refractivity (Wildman–Crippen MR) is 131 cm³/mol. The summed E-state index contributed by atoms with van der Waals surface area (Å²) in [5.41, 5.74) is 2.77. The zero-order chi connectivity index (χ0) is 23.6. The van der Waals surface area contributed by atoms with Gasteiger partial charge in [-0.05, 0) is 67.5 Å². The van der Waals surface area contributed by atoms with E-state index in [4.69, 9.17) is 9.47 Å². The molecule has 33 heavy (non-hydrogen) atoms. The van der Waals surface area contributed by atoms with Crippen LogP contribution < -0.4 is 10.1 Å². The van der Waals surface area contributed by atoms with Crippen molar-refractivity contribution < 1.29 is 19.1 Å². The number of amides is 1. The molecule has 3 atom stereocenters. The van der Waals surface area contributed by atoms with Crippen molar-refractivity contribution in [3.8, 4) is 5.75 Å². The van der Waals surface area contributed by atoms with E-state index in [2.05, 4.69) is 12.2 Å². The molecule has 0 aliphatic heterocycles. The van der Waals surface area contributed by atoms with E-state index < -0.39 is 5.92 Å². The Labute approximate surface area is 197 Å². The largest absolute Gasteiger partial charge is 0.497 e. The van der Waals surface area contributed by atoms with Crippen LogP contribution in [0, 0.1) is 5.92 Å². The molecule has 0 heterocycles. The summed E-state index contributed by atoms with van der Waals surface area (Å²) in [5.74, 6) is -0.166. The van der Waals surface area contributed by atoms with E-state index in [9.17, 15) is 9.59 Å². The third-order valence-electron chi connectivity index (χ3n) is 6.14. The molecule has 0 aromatic heterocycles. The molecule has 1 aliphatic rings. The summed E-state index contributed by atoms with van der Waals surface area (Å²) in [6, 6.07) is 15.3. The van der Waals surface area contributed by atoms with Crippen LogP contribution >= 0.6 is 0 Å². The fourth-order valence-corrected chi connectivity index (χ4v) is 4.36. The van der Waals surface area contributed by atoms with E-state index in [0.717, 1.165) is 12.0 Å². The van der Waals surface area contributed by atoms with Crippen LogP contribution in [0.3, 0.4) is 0 Å². The summed E-state index contributed by atoms with van der Waals surface area (Å²) < 4.78 is 10.7. The highest BCUT2D eigenvalue weighted by Crippen LogP contribution is 2.35. The number of hydrogen-bond acceptors (Lipinski definition) is 4. The summed E-state index contributed by atoms with van der Waals surface area (Å²) in [5, 5.41) is 3.09. The average Bonchev–Trinajstić information content (AvgIpc) is 3.28. The molecule has 0 saturated carbocycles. The molecule has 1 N–H and O–H groups in total. The maximum atomic E-state index is 12.8. The van der Waals surface area contributed by atoms with Crippen LogP contribution in [0.15, 0.2) is 60.7 Å². The van der Waals surface area contributed by atoms with Gasteiger partial charge in [0.1, 0.15) is 5.75 Å². The second kappa shape index (κ2) is 12.2. The monoisotopic (exact) mass is 449 g/mol. The molecule has 0 unspecified atom stereocenters. The first-order chi connectivity index (χ1) is 16.0. The van der Waals surface area contributed by atoms with E-state index in [-0.39, 0.29) is 23.8 Å². The number of nitrogens with one attached hydrogen (secondary N) is 1. The topological polar surface area (TPSA) is 64.6 Å². The van der Waals surface area contributed by atoms with Gasteiger partial charge in [-0.25, -0.2) is 0 Å². The number of allylic oxidation sites excluding steroid dienone is 1. The Hall–Kier alpha value is -3.08. The second-order valence-electron chi connectivity index (χ2n) is 8.52. The fourth-order valence-electron chi connectivity index (χ4n) is 4.36. The quantitative estimate of drug-likeness (QED) is 0.281. The minimum atomic E-state index is -0.444. The van der Waals surface area contributed by atoms with Crippen molar-refractivity contribution in [2.45, 2.75) is 57.9 Å². The van der Waals surface area contributed by atoms with Crippen molar-refractivity contribution in [1.29, 1.82) is 0 Å². The van der Waals surface area contributed by atoms with Crippen molar-refractivity contribution in [1.82, 2.24) is 5.32 Å². The highest BCUT2D eigenvalue weighted by molar-refractivity contribution is 5.94. The van der Waals surface area contributed by atoms with Crippen molar-refractivity contribution >= 4 is 11.9 Å². The molecule has 0 saturated heterocycles. The zero-order valence-electron chi connectivity index (χ0n) is 19.9. The highest BCUT2D eigenvalue weighted by Gasteiger charge is 2.34. The molecule has 2 aromatic carbocycles. The Morgan fingerprint density at radius 3 is 2.55 bits per heavy atom. The Kier molecular flexibility index (Phi) is 9.11. The molecule has 5 nitrogen and oxygen atoms in total. The Balaban J connectivity index is 1.64. The van der Waals surface area contributed by atoms with E-state index >= 15 is 0 Å². The Morgan fingerprint density at radius 1 is 1.06 bits per heavy atom. The smallest absolute Gasteiger partial charge is 0.314 e. The van der Waals surface area contributed by atoms with E-state index in [1.165, 1.54) is 24.8 Å². The van der Waals surface area contributed by atoms with Crippen molar-refractivity contribution in [3.63, 3.8) is 0 Å². The molecular formula is C28H35NO4. The number of aryl methyl sites for hydroxylation is 1. The molecule has 1 amide bonds. The molecular weight excluding hydrogens is 414 g/mol. The summed E-state index contributed by atoms with van der Waals surface area (Å²) in [6.45, 7) is 4.33. The van der Waals surface area contributed by atoms with Crippen LogP contribution in [0.4, 0.5) is 0 Å². The van der Waals surface area contributed by atoms with Gasteiger partial charge in [0.25, 0.3) is 5.91 Å². The Morgan fingerprint density at radius 2 is 1.85 bits per heavy atom. The van der Waals surface area contributed by atoms with Crippen molar-refractivity contribution in [2.75, 3.05) is 13.7 Å². The zero-order valence-corrected chi connectivity index (χ0v) is 19.9. The lowest BCUT2D eigenvalue weighted by molar-refractivity contribution is -0.146. The summed E-state index contributed by atoms with van der Waals surface area (Å²) in [6.07, 6.45) is 9.27. The van der Waals surface area contributed by atoms with Gasteiger partial charge < -0.3 is 14.8 Å². The molecule has 176 valence electrons. The van der Waals surface area contributed by atoms with Gasteiger partial charge in [-0.1, -0.05) is 56.2 Å². The van der Waals surface area contributed by atoms with Crippen LogP contribution in [0.5, 0.6) is 5.75 Å². The van der Waals surface area contributed by atoms with Gasteiger partial charge in [0, 0.05) is 11.6 Å². The van der Waals surface area contributed by atoms with Gasteiger partial charge in [0.15, 0.2) is 0 Å². The summed E-state index contributed by atoms with van der Waals surface area (Å²) in [7, 11) is 1.61. The van der Waals surface area contributed by atoms with E-state index in [0.29, 0.717) is 24.3 Å². The number of methoxy groups -OCH3 is 1. The van der Waals surface area contributed by atoms with Crippen LogP contribution in [0.1, 0.15) is 66.9 Å². The standard InChI is InChI=1S/C28H35NO4/c1-4-6-7-9-20-12-14-21(15-13-20)27(30)29-24-17-16-23(18-24)26(28(31)33-5-2)22-10-8-11-25(19-22)32-3/h8,10-17,19,23-24,26H,4-7,9,18H2,1-3H3,(H,29,30)/t23-,24-,26+/m1/s1. The molecule has 5 heteroatoms. The normalized spacial score (nSPS) is 18.0. The number of unbranched alkanes of at least 4 members (excludes halogenated alkanes) is 2. The van der Waals surface area contributed by atoms with Crippen molar-refractivity contribution in [2.24, 2.45) is 5.92 Å². The average molecular weight is 450 g/mol. The van der Waals surface area contributed by atoms with E-state index in [1.807, 2.05) is 67.6 Å². The minimum Gasteiger partial charge on any atom is -0.497 e. The van der Waals surface area contributed by atoms with E-state index in [1.54, 1.807) is 7.11 Å². The number of hydrogen-bond donors (Lipinski definition) is 1. The molecule has 2 aromatic rings. The van der Waals surface area contributed by atoms with Gasteiger partial charge in [-0.15, -0.1) is 0 Å². The molecule has 1 aliphatic carbocycles. The minimum absolute atomic E-state index is 0.0672. The SMILES string of the molecule is CCCCCc1ccc(C(=O)N[C@@H]2C=C[C@@H]([C@@H](C(=O)OCC)c3cccc(OC)c3)C2)cc1. The molecule has 3 rings (SSSR count). The number of rotatable bonds is 11. The Bertz CT molecular complexity index is 951. The third-order valence-corrected chi connectivity index (χ3v) is 6.14. The van der Waals surface area contributed by atoms with Gasteiger partial charge in [0.05, 0.1) is 19.6 Å². The molecule has 0 fully saturated rings. The molecule has 0 radical (unpaired) electrons. The maximum absolute atomic E-state index is 12.8. The van der Waals surface area contributed by atoms with Crippen LogP contribution in [0.2, 0.25) is 0 Å². The van der Waals surface area contributed by atoms with Gasteiger partial charge in [-0.3, -0.25) is 9.59 Å². The third kappa shape index (κ3) is 6.70. The first-order valence-electron chi connectivity index (χ1n) is 11.9. The fraction of sp³-hybridized carbons (Fsp3) is 0.429. The van der Waals surface area contributed by atoms with Crippen LogP contribution in [-0.4, -0.2) is 31.6 Å². The van der Waals surface area contributed by atoms with Crippen LogP contribution in [0.25, 0.3) is 0 Å². The number of carbonyl (C=O) groups is 2. The summed E-state index contributed by atoms with van der Waals surface area (Å²) >= 11 is 0. The predicted octanol–water partition coefficient (Wildman–Crippen LogP) is 5.45. The highest BCUT2D eigenvalue weighted by atomic mass is 16.5. The number of ether oxygens (including phenoxy) is 2. The second-order valence-corrected chi connectivity index (χ2v) is 8.52. The van der Waals surface area contributed by atoms with Gasteiger partial charge >= 0.3 is 5.97 Å². The lowest BCUT2D eigenvalue weighted by Crippen LogP contribution is -2.33. The maximum Gasteiger partial charge on any atom is 0.314 e. The van der Waals surface area contributed by atoms with Crippen LogP contribution in [-0.2, 0) is 16.0 Å². The van der Waals surface area contributed by atoms with Crippen molar-refractivity contribution in [3.05, 3.63) is 77.4 Å².